The highest BCUT2D eigenvalue weighted by molar-refractivity contribution is 7.09. The van der Waals surface area contributed by atoms with Crippen LogP contribution >= 0.6 is 11.3 Å². The first kappa shape index (κ1) is 18.4. The number of halogens is 3. The van der Waals surface area contributed by atoms with Crippen molar-refractivity contribution in [3.63, 3.8) is 0 Å². The normalized spacial score (nSPS) is 15.5. The smallest absolute Gasteiger partial charge is 0.432 e. The van der Waals surface area contributed by atoms with Crippen LogP contribution in [0.15, 0.2) is 41.9 Å². The number of rotatable bonds is 6. The Balaban J connectivity index is 2.42. The fourth-order valence-corrected chi connectivity index (χ4v) is 3.05. The number of hydrogen-bond donors (Lipinski definition) is 0. The lowest BCUT2D eigenvalue weighted by Gasteiger charge is -2.33. The fraction of sp³-hybridized carbons (Fsp3) is 0.375. The summed E-state index contributed by atoms with van der Waals surface area (Å²) in [5, 5.41) is 2.10. The zero-order valence-electron chi connectivity index (χ0n) is 13.0. The van der Waals surface area contributed by atoms with Crippen molar-refractivity contribution in [1.82, 2.24) is 4.98 Å². The molecule has 0 fully saturated rings. The molecule has 4 nitrogen and oxygen atoms in total. The lowest BCUT2D eigenvalue weighted by Crippen LogP contribution is -2.52. The van der Waals surface area contributed by atoms with E-state index in [0.29, 0.717) is 11.4 Å². The molecule has 1 heterocycles. The van der Waals surface area contributed by atoms with Gasteiger partial charge in [0, 0.05) is 24.3 Å². The molecule has 0 N–H and O–H groups in total. The monoisotopic (exact) mass is 359 g/mol. The van der Waals surface area contributed by atoms with E-state index in [1.54, 1.807) is 18.4 Å². The summed E-state index contributed by atoms with van der Waals surface area (Å²) < 4.78 is 51.2. The van der Waals surface area contributed by atoms with Gasteiger partial charge in [-0.3, -0.25) is 0 Å². The van der Waals surface area contributed by atoms with Crippen molar-refractivity contribution < 1.29 is 27.4 Å². The van der Waals surface area contributed by atoms with Crippen molar-refractivity contribution in [1.29, 1.82) is 0 Å². The summed E-state index contributed by atoms with van der Waals surface area (Å²) in [7, 11) is 0.839. The van der Waals surface area contributed by atoms with Crippen molar-refractivity contribution >= 4 is 17.3 Å². The van der Waals surface area contributed by atoms with Crippen molar-refractivity contribution in [2.45, 2.75) is 31.2 Å². The van der Waals surface area contributed by atoms with Crippen LogP contribution < -0.4 is 0 Å². The predicted molar refractivity (Wildman–Crippen MR) is 82.4 cm³/mol. The van der Waals surface area contributed by atoms with Crippen molar-refractivity contribution in [3.8, 4) is 0 Å². The molecule has 2 rings (SSSR count). The quantitative estimate of drug-likeness (QED) is 0.724. The first-order valence-corrected chi connectivity index (χ1v) is 8.02. The Morgan fingerprint density at radius 3 is 2.42 bits per heavy atom. The second-order valence-electron chi connectivity index (χ2n) is 4.92. The number of ether oxygens (including phenoxy) is 2. The number of benzene rings is 1. The maximum absolute atomic E-state index is 13.8. The largest absolute Gasteiger partial charge is 0.452 e. The number of methoxy groups -OCH3 is 1. The summed E-state index contributed by atoms with van der Waals surface area (Å²) >= 11 is 1.21. The van der Waals surface area contributed by atoms with Crippen LogP contribution in [0.1, 0.15) is 30.0 Å². The minimum atomic E-state index is -4.98. The summed E-state index contributed by atoms with van der Waals surface area (Å²) in [5.41, 5.74) is -3.52. The molecule has 2 aromatic rings. The van der Waals surface area contributed by atoms with E-state index in [2.05, 4.69) is 4.98 Å². The van der Waals surface area contributed by atoms with E-state index in [1.165, 1.54) is 41.8 Å². The van der Waals surface area contributed by atoms with Gasteiger partial charge in [0.15, 0.2) is 6.10 Å². The Labute approximate surface area is 141 Å². The van der Waals surface area contributed by atoms with Crippen LogP contribution in [0.3, 0.4) is 0 Å². The third-order valence-electron chi connectivity index (χ3n) is 3.52. The van der Waals surface area contributed by atoms with Gasteiger partial charge in [-0.25, -0.2) is 9.78 Å². The van der Waals surface area contributed by atoms with Gasteiger partial charge in [0.2, 0.25) is 0 Å². The van der Waals surface area contributed by atoms with Gasteiger partial charge in [-0.2, -0.15) is 13.2 Å². The van der Waals surface area contributed by atoms with E-state index in [-0.39, 0.29) is 5.56 Å². The number of alkyl halides is 3. The average Bonchev–Trinajstić information content (AvgIpc) is 3.07. The van der Waals surface area contributed by atoms with Crippen molar-refractivity contribution in [3.05, 3.63) is 52.5 Å². The van der Waals surface area contributed by atoms with Crippen LogP contribution in [0.5, 0.6) is 0 Å². The number of carbonyl (C=O) groups excluding carboxylic acids is 1. The predicted octanol–water partition coefficient (Wildman–Crippen LogP) is 4.24. The van der Waals surface area contributed by atoms with Gasteiger partial charge >= 0.3 is 12.1 Å². The first-order valence-electron chi connectivity index (χ1n) is 7.14. The summed E-state index contributed by atoms with van der Waals surface area (Å²) in [6.07, 6.45) is -4.05. The number of aromatic nitrogens is 1. The van der Waals surface area contributed by atoms with Gasteiger partial charge in [0.25, 0.3) is 5.60 Å². The highest BCUT2D eigenvalue weighted by Gasteiger charge is 2.64. The molecule has 0 unspecified atom stereocenters. The summed E-state index contributed by atoms with van der Waals surface area (Å²) in [6.45, 7) is 1.70. The highest BCUT2D eigenvalue weighted by atomic mass is 32.1. The van der Waals surface area contributed by atoms with E-state index < -0.39 is 23.9 Å². The molecule has 0 saturated heterocycles. The fourth-order valence-electron chi connectivity index (χ4n) is 2.30. The van der Waals surface area contributed by atoms with Gasteiger partial charge < -0.3 is 9.47 Å². The average molecular weight is 359 g/mol. The van der Waals surface area contributed by atoms with E-state index in [9.17, 15) is 18.0 Å². The van der Waals surface area contributed by atoms with Gasteiger partial charge in [-0.05, 0) is 6.42 Å². The SMILES string of the molecule is CC[C@H](OC(=O)[C@](OC)(c1ccccc1)C(F)(F)F)c1nccs1. The lowest BCUT2D eigenvalue weighted by molar-refractivity contribution is -0.278. The van der Waals surface area contributed by atoms with E-state index in [0.717, 1.165) is 7.11 Å². The summed E-state index contributed by atoms with van der Waals surface area (Å²) in [6, 6.07) is 6.72. The lowest BCUT2D eigenvalue weighted by atomic mass is 9.92. The van der Waals surface area contributed by atoms with E-state index >= 15 is 0 Å². The molecule has 0 spiro atoms. The molecule has 2 atom stereocenters. The topological polar surface area (TPSA) is 48.4 Å². The van der Waals surface area contributed by atoms with Crippen LogP contribution in [-0.4, -0.2) is 24.2 Å². The van der Waals surface area contributed by atoms with Crippen molar-refractivity contribution in [2.24, 2.45) is 0 Å². The molecule has 0 amide bonds. The maximum Gasteiger partial charge on any atom is 0.432 e. The molecule has 130 valence electrons. The van der Waals surface area contributed by atoms with Crippen LogP contribution in [0.25, 0.3) is 0 Å². The molecule has 0 aliphatic rings. The van der Waals surface area contributed by atoms with Crippen molar-refractivity contribution in [2.75, 3.05) is 7.11 Å². The second kappa shape index (κ2) is 7.31. The molecule has 0 aliphatic heterocycles. The Kier molecular flexibility index (Phi) is 5.61. The second-order valence-corrected chi connectivity index (χ2v) is 5.85. The number of nitrogens with zero attached hydrogens (tertiary/aromatic N) is 1. The van der Waals surface area contributed by atoms with Gasteiger partial charge in [-0.15, -0.1) is 11.3 Å². The zero-order valence-corrected chi connectivity index (χ0v) is 13.9. The molecular weight excluding hydrogens is 343 g/mol. The zero-order chi connectivity index (χ0) is 17.8. The maximum atomic E-state index is 13.8. The molecule has 0 aliphatic carbocycles. The standard InChI is InChI=1S/C16H16F3NO3S/c1-3-12(13-20-9-10-24-13)23-14(21)15(22-2,16(17,18)19)11-7-5-4-6-8-11/h4-10,12H,3H2,1-2H3/t12-,15+/m0/s1. The highest BCUT2D eigenvalue weighted by Crippen LogP contribution is 2.44. The van der Waals surface area contributed by atoms with Gasteiger partial charge in [0.1, 0.15) is 5.01 Å². The van der Waals surface area contributed by atoms with Gasteiger partial charge in [0.05, 0.1) is 0 Å². The number of esters is 1. The van der Waals surface area contributed by atoms with Crippen LogP contribution in [0.4, 0.5) is 13.2 Å². The first-order chi connectivity index (χ1) is 11.4. The molecule has 0 bridgehead atoms. The molecule has 0 radical (unpaired) electrons. The third kappa shape index (κ3) is 3.29. The van der Waals surface area contributed by atoms with E-state index in [1.807, 2.05) is 0 Å². The Morgan fingerprint density at radius 2 is 1.96 bits per heavy atom. The number of carbonyl (C=O) groups is 1. The summed E-state index contributed by atoms with van der Waals surface area (Å²) in [4.78, 5) is 16.5. The number of hydrogen-bond acceptors (Lipinski definition) is 5. The molecule has 8 heteroatoms. The Bertz CT molecular complexity index is 661. The van der Waals surface area contributed by atoms with Gasteiger partial charge in [-0.1, -0.05) is 37.3 Å². The van der Waals surface area contributed by atoms with Crippen LogP contribution in [0, 0.1) is 0 Å². The molecular formula is C16H16F3NO3S. The van der Waals surface area contributed by atoms with Crippen LogP contribution in [0.2, 0.25) is 0 Å². The Hall–Kier alpha value is -1.93. The Morgan fingerprint density at radius 1 is 1.29 bits per heavy atom. The third-order valence-corrected chi connectivity index (χ3v) is 4.39. The molecule has 1 aromatic heterocycles. The van der Waals surface area contributed by atoms with E-state index in [4.69, 9.17) is 9.47 Å². The number of thiazole rings is 1. The molecule has 0 saturated carbocycles. The van der Waals surface area contributed by atoms with Crippen LogP contribution in [-0.2, 0) is 19.9 Å². The molecule has 1 aromatic carbocycles. The molecule has 24 heavy (non-hydrogen) atoms. The summed E-state index contributed by atoms with van der Waals surface area (Å²) in [5.74, 6) is -1.51. The minimum absolute atomic E-state index is 0.297. The minimum Gasteiger partial charge on any atom is -0.452 e.